The number of alkyl halides is 3. The highest BCUT2D eigenvalue weighted by Crippen LogP contribution is 2.34. The van der Waals surface area contributed by atoms with Gasteiger partial charge < -0.3 is 25.8 Å². The largest absolute Gasteiger partial charge is 0.451 e. The van der Waals surface area contributed by atoms with Gasteiger partial charge >= 0.3 is 6.18 Å². The van der Waals surface area contributed by atoms with Gasteiger partial charge in [-0.15, -0.1) is 0 Å². The molecule has 1 atom stereocenters. The summed E-state index contributed by atoms with van der Waals surface area (Å²) in [6, 6.07) is 9.86. The molecule has 1 unspecified atom stereocenters. The third-order valence-electron chi connectivity index (χ3n) is 8.96. The Labute approximate surface area is 286 Å². The molecule has 0 radical (unpaired) electrons. The number of nitrogens with zero attached hydrogens (tertiary/aromatic N) is 5. The summed E-state index contributed by atoms with van der Waals surface area (Å²) in [5, 5.41) is 17.3. The first kappa shape index (κ1) is 36.5. The summed E-state index contributed by atoms with van der Waals surface area (Å²) in [6.07, 6.45) is -1.35. The Balaban J connectivity index is 1.17. The Morgan fingerprint density at radius 2 is 1.60 bits per heavy atom. The number of carbonyl (C=O) groups is 1. The van der Waals surface area contributed by atoms with Gasteiger partial charge in [0.15, 0.2) is 0 Å². The quantitative estimate of drug-likeness (QED) is 0.140. The van der Waals surface area contributed by atoms with Crippen LogP contribution in [-0.4, -0.2) is 79.9 Å². The monoisotopic (exact) mass is 718 g/mol. The molecule has 0 spiro atoms. The number of rotatable bonds is 14. The molecule has 2 fully saturated rings. The summed E-state index contributed by atoms with van der Waals surface area (Å²) in [5.74, 6) is -1.89. The molecular weight excluding hydrogens is 681 g/mol. The summed E-state index contributed by atoms with van der Waals surface area (Å²) in [4.78, 5) is 48.1. The molecule has 18 heteroatoms. The lowest BCUT2D eigenvalue weighted by molar-refractivity contribution is -0.144. The summed E-state index contributed by atoms with van der Waals surface area (Å²) in [5.41, 5.74) is -0.0226. The van der Waals surface area contributed by atoms with Crippen LogP contribution in [0.4, 0.5) is 36.2 Å². The van der Waals surface area contributed by atoms with Crippen molar-refractivity contribution in [2.75, 3.05) is 65.5 Å². The van der Waals surface area contributed by atoms with E-state index < -0.39 is 44.8 Å². The smallest absolute Gasteiger partial charge is 0.380 e. The zero-order valence-corrected chi connectivity index (χ0v) is 27.8. The zero-order valence-electron chi connectivity index (χ0n) is 27.0. The number of hydrogen-bond donors (Lipinski definition) is 4. The van der Waals surface area contributed by atoms with Gasteiger partial charge in [-0.1, -0.05) is 12.1 Å². The van der Waals surface area contributed by atoms with E-state index in [2.05, 4.69) is 32.0 Å². The normalized spacial score (nSPS) is 17.1. The second kappa shape index (κ2) is 15.4. The summed E-state index contributed by atoms with van der Waals surface area (Å²) in [6.45, 7) is 1.61. The van der Waals surface area contributed by atoms with Crippen LogP contribution >= 0.6 is 0 Å². The first-order valence-corrected chi connectivity index (χ1v) is 17.8. The van der Waals surface area contributed by atoms with Crippen molar-refractivity contribution in [3.8, 4) is 6.07 Å². The predicted molar refractivity (Wildman–Crippen MR) is 180 cm³/mol. The standard InChI is InChI=1S/C32H37F3N8O6S/c33-32(34,35)31-40-24(18-25(41-31)43-14-1-2-23(43)30(46)39-12-8-20-3-5-22(19-36)6-4-20)42-15-9-21(10-16-42)7-11-37-26-27(29(45)28(26)44)38-13-17-50(47,48)49/h3-6,18,21,23,37-38H,1-2,7-17H2,(H,39,46)(H,47,48,49). The Bertz CT molecular complexity index is 1900. The molecular formula is C32H37F3N8O6S. The molecule has 0 bridgehead atoms. The fourth-order valence-electron chi connectivity index (χ4n) is 6.25. The van der Waals surface area contributed by atoms with E-state index in [-0.39, 0.29) is 41.4 Å². The van der Waals surface area contributed by atoms with E-state index in [9.17, 15) is 36.0 Å². The van der Waals surface area contributed by atoms with E-state index in [4.69, 9.17) is 9.81 Å². The van der Waals surface area contributed by atoms with Crippen LogP contribution in [0.25, 0.3) is 0 Å². The van der Waals surface area contributed by atoms with Crippen molar-refractivity contribution in [1.29, 1.82) is 5.26 Å². The molecule has 50 heavy (non-hydrogen) atoms. The molecule has 1 amide bonds. The molecule has 5 rings (SSSR count). The maximum Gasteiger partial charge on any atom is 0.451 e. The average molecular weight is 719 g/mol. The maximum absolute atomic E-state index is 14.0. The minimum absolute atomic E-state index is 0.0330. The van der Waals surface area contributed by atoms with Crippen LogP contribution in [0.15, 0.2) is 39.9 Å². The van der Waals surface area contributed by atoms with E-state index in [0.29, 0.717) is 76.8 Å². The van der Waals surface area contributed by atoms with Crippen LogP contribution in [-0.2, 0) is 27.5 Å². The lowest BCUT2D eigenvalue weighted by Gasteiger charge is -2.34. The SMILES string of the molecule is N#Cc1ccc(CCNC(=O)C2CCCN2c2cc(N3CCC(CCNc4c(NCCS(=O)(=O)O)c(=O)c4=O)CC3)nc(C(F)(F)F)n2)cc1. The molecule has 2 aliphatic heterocycles. The van der Waals surface area contributed by atoms with E-state index in [1.54, 1.807) is 34.1 Å². The number of carbonyl (C=O) groups excluding carboxylic acids is 1. The topological polar surface area (TPSA) is 198 Å². The Morgan fingerprint density at radius 3 is 2.22 bits per heavy atom. The van der Waals surface area contributed by atoms with Crippen molar-refractivity contribution in [2.24, 2.45) is 5.92 Å². The predicted octanol–water partition coefficient (Wildman–Crippen LogP) is 2.31. The molecule has 14 nitrogen and oxygen atoms in total. The molecule has 2 aliphatic rings. The van der Waals surface area contributed by atoms with Gasteiger partial charge in [-0.2, -0.15) is 26.9 Å². The lowest BCUT2D eigenvalue weighted by atomic mass is 9.93. The van der Waals surface area contributed by atoms with Crippen molar-refractivity contribution >= 4 is 39.0 Å². The first-order valence-electron chi connectivity index (χ1n) is 16.2. The molecule has 0 aliphatic carbocycles. The van der Waals surface area contributed by atoms with Gasteiger partial charge in [-0.25, -0.2) is 9.97 Å². The van der Waals surface area contributed by atoms with Gasteiger partial charge in [0.05, 0.1) is 17.4 Å². The molecule has 3 aromatic rings. The van der Waals surface area contributed by atoms with Crippen molar-refractivity contribution in [1.82, 2.24) is 15.3 Å². The molecule has 0 saturated carbocycles. The highest BCUT2D eigenvalue weighted by atomic mass is 32.2. The zero-order chi connectivity index (χ0) is 36.1. The molecule has 2 saturated heterocycles. The highest BCUT2D eigenvalue weighted by Gasteiger charge is 2.39. The summed E-state index contributed by atoms with van der Waals surface area (Å²) in [7, 11) is -4.24. The second-order valence-electron chi connectivity index (χ2n) is 12.4. The van der Waals surface area contributed by atoms with Gasteiger partial charge in [0, 0.05) is 45.3 Å². The van der Waals surface area contributed by atoms with E-state index in [1.165, 1.54) is 6.07 Å². The van der Waals surface area contributed by atoms with Gasteiger partial charge in [0.2, 0.25) is 11.7 Å². The third kappa shape index (κ3) is 9.07. The number of aromatic nitrogens is 2. The fraction of sp³-hybridized carbons (Fsp3) is 0.500. The van der Waals surface area contributed by atoms with Crippen LogP contribution in [0, 0.1) is 17.2 Å². The van der Waals surface area contributed by atoms with Gasteiger partial charge in [-0.05, 0) is 62.1 Å². The van der Waals surface area contributed by atoms with Crippen molar-refractivity contribution in [3.63, 3.8) is 0 Å². The van der Waals surface area contributed by atoms with Crippen LogP contribution in [0.1, 0.15) is 49.1 Å². The average Bonchev–Trinajstić information content (AvgIpc) is 3.59. The van der Waals surface area contributed by atoms with Crippen LogP contribution in [0.2, 0.25) is 0 Å². The number of piperidine rings is 1. The summed E-state index contributed by atoms with van der Waals surface area (Å²) >= 11 is 0. The fourth-order valence-corrected chi connectivity index (χ4v) is 6.61. The molecule has 1 aromatic heterocycles. The van der Waals surface area contributed by atoms with E-state index in [0.717, 1.165) is 5.56 Å². The number of anilines is 4. The molecule has 3 heterocycles. The highest BCUT2D eigenvalue weighted by molar-refractivity contribution is 7.85. The number of halogens is 3. The number of nitrogens with one attached hydrogen (secondary N) is 3. The number of hydrogen-bond acceptors (Lipinski definition) is 12. The van der Waals surface area contributed by atoms with Crippen molar-refractivity contribution in [2.45, 2.75) is 50.7 Å². The summed E-state index contributed by atoms with van der Waals surface area (Å²) < 4.78 is 72.6. The van der Waals surface area contributed by atoms with Crippen LogP contribution < -0.4 is 36.6 Å². The number of nitriles is 1. The van der Waals surface area contributed by atoms with Crippen molar-refractivity contribution in [3.05, 3.63) is 67.7 Å². The van der Waals surface area contributed by atoms with Gasteiger partial charge in [0.25, 0.3) is 21.0 Å². The number of amides is 1. The van der Waals surface area contributed by atoms with E-state index in [1.807, 2.05) is 0 Å². The molecule has 4 N–H and O–H groups in total. The minimum atomic E-state index is -4.80. The Kier molecular flexibility index (Phi) is 11.3. The van der Waals surface area contributed by atoms with Crippen molar-refractivity contribution < 1.29 is 30.9 Å². The van der Waals surface area contributed by atoms with E-state index >= 15 is 0 Å². The second-order valence-corrected chi connectivity index (χ2v) is 13.9. The Morgan fingerprint density at radius 1 is 0.960 bits per heavy atom. The van der Waals surface area contributed by atoms with Crippen LogP contribution in [0.3, 0.4) is 0 Å². The third-order valence-corrected chi connectivity index (χ3v) is 9.68. The number of benzene rings is 1. The Hall–Kier alpha value is -4.76. The molecule has 268 valence electrons. The molecule has 2 aromatic carbocycles. The minimum Gasteiger partial charge on any atom is -0.380 e. The lowest BCUT2D eigenvalue weighted by Crippen LogP contribution is -2.44. The van der Waals surface area contributed by atoms with Crippen LogP contribution in [0.5, 0.6) is 0 Å². The maximum atomic E-state index is 14.0. The van der Waals surface area contributed by atoms with Gasteiger partial charge in [0.1, 0.15) is 29.1 Å². The van der Waals surface area contributed by atoms with Gasteiger partial charge in [-0.3, -0.25) is 18.9 Å². The first-order chi connectivity index (χ1) is 23.7.